The highest BCUT2D eigenvalue weighted by molar-refractivity contribution is 5.83. The minimum absolute atomic E-state index is 0.00310. The lowest BCUT2D eigenvalue weighted by atomic mass is 9.82. The number of aliphatic imine (C=N–C) groups is 1. The number of likely N-dealkylation sites (tertiary alicyclic amines) is 1. The Labute approximate surface area is 183 Å². The Balaban J connectivity index is 1.50. The van der Waals surface area contributed by atoms with Crippen molar-refractivity contribution in [3.8, 4) is 0 Å². The number of benzene rings is 1. The van der Waals surface area contributed by atoms with Gasteiger partial charge >= 0.3 is 0 Å². The molecule has 7 nitrogen and oxygen atoms in total. The van der Waals surface area contributed by atoms with E-state index in [-0.39, 0.29) is 17.6 Å². The van der Waals surface area contributed by atoms with E-state index in [9.17, 15) is 0 Å². The number of hydrogen-bond acceptors (Lipinski definition) is 7. The number of piperidine rings is 1. The second-order valence-electron chi connectivity index (χ2n) is 9.05. The molecular weight excluding hydrogens is 386 g/mol. The van der Waals surface area contributed by atoms with E-state index in [1.165, 1.54) is 16.7 Å². The van der Waals surface area contributed by atoms with E-state index in [4.69, 9.17) is 16.5 Å². The van der Waals surface area contributed by atoms with Crippen LogP contribution in [-0.4, -0.2) is 47.6 Å². The maximum atomic E-state index is 6.10. The Morgan fingerprint density at radius 2 is 1.90 bits per heavy atom. The molecule has 1 aromatic carbocycles. The molecule has 7 heteroatoms. The highest BCUT2D eigenvalue weighted by atomic mass is 15.5. The van der Waals surface area contributed by atoms with Crippen molar-refractivity contribution in [2.45, 2.75) is 37.4 Å². The summed E-state index contributed by atoms with van der Waals surface area (Å²) in [6.07, 6.45) is 12.8. The van der Waals surface area contributed by atoms with Gasteiger partial charge in [-0.15, -0.1) is 0 Å². The zero-order valence-electron chi connectivity index (χ0n) is 18.2. The fourth-order valence-corrected chi connectivity index (χ4v) is 4.70. The summed E-state index contributed by atoms with van der Waals surface area (Å²) < 4.78 is 0. The third kappa shape index (κ3) is 3.75. The molecule has 0 bridgehead atoms. The average Bonchev–Trinajstić information content (AvgIpc) is 3.07. The van der Waals surface area contributed by atoms with Crippen LogP contribution in [0, 0.1) is 0 Å². The summed E-state index contributed by atoms with van der Waals surface area (Å²) in [5, 5.41) is 5.72. The van der Waals surface area contributed by atoms with Crippen LogP contribution in [0.25, 0.3) is 0 Å². The molecule has 0 aromatic heterocycles. The fraction of sp³-hybridized carbons (Fsp3) is 0.375. The zero-order valence-corrected chi connectivity index (χ0v) is 18.2. The largest absolute Gasteiger partial charge is 0.399 e. The number of nitrogens with two attached hydrogens (primary N) is 2. The standard InChI is InChI=1S/C24H31N7/c1-24-10-7-17(13-18(24)15-30(2)29-24)21-14-27-23(31-11-8-20(26)9-12-31)28-22(21)16-3-5-19(25)6-4-16/h3-7,10,13-15,20,22,29H,8-9,11-12,25-26H2,1-2H3,(H,27,28)/t22?,24-/m0/s1. The molecular formula is C24H31N7. The van der Waals surface area contributed by atoms with Gasteiger partial charge in [-0.1, -0.05) is 24.3 Å². The summed E-state index contributed by atoms with van der Waals surface area (Å²) in [7, 11) is 2.03. The third-order valence-electron chi connectivity index (χ3n) is 6.60. The number of rotatable bonds is 2. The quantitative estimate of drug-likeness (QED) is 0.551. The Bertz CT molecular complexity index is 1010. The molecule has 1 aliphatic carbocycles. The van der Waals surface area contributed by atoms with Crippen LogP contribution in [0.4, 0.5) is 5.69 Å². The number of anilines is 1. The van der Waals surface area contributed by atoms with Crippen molar-refractivity contribution in [3.05, 3.63) is 77.2 Å². The summed E-state index contributed by atoms with van der Waals surface area (Å²) in [6.45, 7) is 4.04. The normalized spacial score (nSPS) is 28.4. The van der Waals surface area contributed by atoms with Crippen LogP contribution in [0.3, 0.4) is 0 Å². The van der Waals surface area contributed by atoms with E-state index < -0.39 is 0 Å². The van der Waals surface area contributed by atoms with Gasteiger partial charge in [0.05, 0.1) is 11.6 Å². The second kappa shape index (κ2) is 7.59. The number of nitrogens with zero attached hydrogens (tertiary/aromatic N) is 3. The molecule has 0 radical (unpaired) electrons. The number of fused-ring (bicyclic) bond motifs is 1. The Kier molecular flexibility index (Phi) is 4.87. The lowest BCUT2D eigenvalue weighted by Gasteiger charge is -2.37. The minimum Gasteiger partial charge on any atom is -0.399 e. The number of guanidine groups is 1. The highest BCUT2D eigenvalue weighted by Gasteiger charge is 2.35. The highest BCUT2D eigenvalue weighted by Crippen LogP contribution is 2.38. The van der Waals surface area contributed by atoms with Crippen LogP contribution in [0.15, 0.2) is 76.6 Å². The van der Waals surface area contributed by atoms with Gasteiger partial charge in [0.15, 0.2) is 5.96 Å². The monoisotopic (exact) mass is 417 g/mol. The van der Waals surface area contributed by atoms with Gasteiger partial charge in [0.1, 0.15) is 0 Å². The van der Waals surface area contributed by atoms with Crippen LogP contribution in [0.1, 0.15) is 31.4 Å². The molecule has 6 N–H and O–H groups in total. The van der Waals surface area contributed by atoms with Gasteiger partial charge in [-0.25, -0.2) is 10.4 Å². The molecule has 2 atom stereocenters. The topological polar surface area (TPSA) is 94.9 Å². The molecule has 1 aromatic rings. The van der Waals surface area contributed by atoms with Gasteiger partial charge in [-0.3, -0.25) is 0 Å². The summed E-state index contributed by atoms with van der Waals surface area (Å²) in [6, 6.07) is 8.39. The first-order chi connectivity index (χ1) is 14.9. The SMILES string of the molecule is CN1C=C2C=C(C3=CN=C(N4CCC(N)CC4)NC3c3ccc(N)cc3)C=C[C@]2(C)N1. The van der Waals surface area contributed by atoms with Crippen molar-refractivity contribution in [1.29, 1.82) is 0 Å². The zero-order chi connectivity index (χ0) is 21.6. The maximum Gasteiger partial charge on any atom is 0.199 e. The molecule has 1 saturated heterocycles. The number of nitrogens with one attached hydrogen (secondary N) is 2. The van der Waals surface area contributed by atoms with Crippen molar-refractivity contribution < 1.29 is 0 Å². The number of nitrogen functional groups attached to an aromatic ring is 1. The van der Waals surface area contributed by atoms with E-state index in [2.05, 4.69) is 59.1 Å². The summed E-state index contributed by atoms with van der Waals surface area (Å²) >= 11 is 0. The molecule has 0 saturated carbocycles. The minimum atomic E-state index is -0.168. The van der Waals surface area contributed by atoms with Crippen molar-refractivity contribution >= 4 is 11.6 Å². The van der Waals surface area contributed by atoms with Gasteiger partial charge < -0.3 is 26.7 Å². The first kappa shape index (κ1) is 19.9. The first-order valence-electron chi connectivity index (χ1n) is 11.0. The van der Waals surface area contributed by atoms with Gasteiger partial charge in [-0.05, 0) is 54.7 Å². The second-order valence-corrected chi connectivity index (χ2v) is 9.05. The molecule has 162 valence electrons. The Morgan fingerprint density at radius 1 is 1.16 bits per heavy atom. The summed E-state index contributed by atoms with van der Waals surface area (Å²) in [5.41, 5.74) is 20.9. The molecule has 3 heterocycles. The van der Waals surface area contributed by atoms with Crippen molar-refractivity contribution in [2.24, 2.45) is 10.7 Å². The molecule has 0 spiro atoms. The van der Waals surface area contributed by atoms with Crippen LogP contribution >= 0.6 is 0 Å². The third-order valence-corrected chi connectivity index (χ3v) is 6.60. The first-order valence-corrected chi connectivity index (χ1v) is 11.0. The number of hydrogen-bond donors (Lipinski definition) is 4. The van der Waals surface area contributed by atoms with Gasteiger partial charge in [0.2, 0.25) is 0 Å². The molecule has 3 aliphatic heterocycles. The van der Waals surface area contributed by atoms with E-state index in [1.807, 2.05) is 30.4 Å². The predicted octanol–water partition coefficient (Wildman–Crippen LogP) is 2.16. The fourth-order valence-electron chi connectivity index (χ4n) is 4.70. The lowest BCUT2D eigenvalue weighted by molar-refractivity contribution is 0.298. The molecule has 5 rings (SSSR count). The lowest BCUT2D eigenvalue weighted by Crippen LogP contribution is -2.50. The van der Waals surface area contributed by atoms with Gasteiger partial charge in [0, 0.05) is 49.8 Å². The molecule has 31 heavy (non-hydrogen) atoms. The van der Waals surface area contributed by atoms with Crippen LogP contribution in [0.2, 0.25) is 0 Å². The van der Waals surface area contributed by atoms with E-state index in [0.29, 0.717) is 0 Å². The number of allylic oxidation sites excluding steroid dienone is 1. The van der Waals surface area contributed by atoms with E-state index in [0.717, 1.165) is 43.2 Å². The smallest absolute Gasteiger partial charge is 0.199 e. The van der Waals surface area contributed by atoms with Crippen LogP contribution in [0.5, 0.6) is 0 Å². The van der Waals surface area contributed by atoms with E-state index in [1.54, 1.807) is 0 Å². The van der Waals surface area contributed by atoms with Gasteiger partial charge in [0.25, 0.3) is 0 Å². The van der Waals surface area contributed by atoms with Crippen molar-refractivity contribution in [2.75, 3.05) is 25.9 Å². The average molecular weight is 418 g/mol. The van der Waals surface area contributed by atoms with E-state index >= 15 is 0 Å². The number of hydrazine groups is 1. The Morgan fingerprint density at radius 3 is 2.65 bits per heavy atom. The van der Waals surface area contributed by atoms with Gasteiger partial charge in [-0.2, -0.15) is 0 Å². The Hall–Kier alpha value is -3.03. The molecule has 0 amide bonds. The molecule has 4 aliphatic rings. The summed E-state index contributed by atoms with van der Waals surface area (Å²) in [5.74, 6) is 0.921. The summed E-state index contributed by atoms with van der Waals surface area (Å²) in [4.78, 5) is 7.14. The maximum absolute atomic E-state index is 6.10. The van der Waals surface area contributed by atoms with Crippen LogP contribution in [-0.2, 0) is 0 Å². The predicted molar refractivity (Wildman–Crippen MR) is 126 cm³/mol. The van der Waals surface area contributed by atoms with Crippen molar-refractivity contribution in [1.82, 2.24) is 20.7 Å². The molecule has 1 fully saturated rings. The molecule has 1 unspecified atom stereocenters. The van der Waals surface area contributed by atoms with Crippen LogP contribution < -0.4 is 22.2 Å². The van der Waals surface area contributed by atoms with Crippen molar-refractivity contribution in [3.63, 3.8) is 0 Å².